The third kappa shape index (κ3) is 6.31. The van der Waals surface area contributed by atoms with Crippen LogP contribution < -0.4 is 9.47 Å². The summed E-state index contributed by atoms with van der Waals surface area (Å²) in [5, 5.41) is 21.4. The molecule has 1 aliphatic heterocycles. The SMILES string of the molecule is COc1ccc(S(=O)(=O)Cl)cc1[N+](=O)[O-].COc1ccc(S(=O)(=O)N2CCCC2)cc1[N+](=O)[O-]. The van der Waals surface area contributed by atoms with E-state index in [9.17, 15) is 37.1 Å². The van der Waals surface area contributed by atoms with Crippen LogP contribution in [0.1, 0.15) is 12.8 Å². The molecule has 16 heteroatoms. The second-order valence-electron chi connectivity index (χ2n) is 6.73. The van der Waals surface area contributed by atoms with Crippen LogP contribution in [-0.2, 0) is 19.1 Å². The number of hydrogen-bond acceptors (Lipinski definition) is 10. The predicted molar refractivity (Wildman–Crippen MR) is 120 cm³/mol. The highest BCUT2D eigenvalue weighted by molar-refractivity contribution is 8.13. The number of methoxy groups -OCH3 is 2. The van der Waals surface area contributed by atoms with Crippen LogP contribution in [0.15, 0.2) is 46.2 Å². The molecule has 0 amide bonds. The van der Waals surface area contributed by atoms with Crippen molar-refractivity contribution in [3.63, 3.8) is 0 Å². The van der Waals surface area contributed by atoms with Crippen LogP contribution in [0.3, 0.4) is 0 Å². The summed E-state index contributed by atoms with van der Waals surface area (Å²) in [5.74, 6) is 0.0226. The Morgan fingerprint density at radius 3 is 1.62 bits per heavy atom. The van der Waals surface area contributed by atoms with Crippen LogP contribution in [-0.4, -0.2) is 58.3 Å². The van der Waals surface area contributed by atoms with Crippen LogP contribution in [0.5, 0.6) is 11.5 Å². The van der Waals surface area contributed by atoms with Crippen LogP contribution in [0.25, 0.3) is 0 Å². The molecule has 13 nitrogen and oxygen atoms in total. The first-order valence-electron chi connectivity index (χ1n) is 9.42. The molecule has 0 unspecified atom stereocenters. The van der Waals surface area contributed by atoms with Crippen LogP contribution >= 0.6 is 10.7 Å². The van der Waals surface area contributed by atoms with Gasteiger partial charge in [0, 0.05) is 35.9 Å². The standard InChI is InChI=1S/C11H14N2O5S.C7H6ClNO5S/c1-18-11-5-4-9(8-10(11)13(14)15)19(16,17)12-6-2-3-7-12;1-14-7-3-2-5(15(8,12)13)4-6(7)9(10)11/h4-5,8H,2-3,6-7H2,1H3;2-4H,1H3. The van der Waals surface area contributed by atoms with E-state index in [0.29, 0.717) is 13.1 Å². The number of nitro benzene ring substituents is 2. The fourth-order valence-corrected chi connectivity index (χ4v) is 5.32. The molecule has 0 N–H and O–H groups in total. The lowest BCUT2D eigenvalue weighted by molar-refractivity contribution is -0.386. The first kappa shape index (κ1) is 27.2. The van der Waals surface area contributed by atoms with Gasteiger partial charge in [-0.3, -0.25) is 20.2 Å². The van der Waals surface area contributed by atoms with Gasteiger partial charge in [0.05, 0.1) is 33.9 Å². The van der Waals surface area contributed by atoms with Crippen molar-refractivity contribution in [3.8, 4) is 11.5 Å². The van der Waals surface area contributed by atoms with E-state index in [2.05, 4.69) is 0 Å². The first-order valence-corrected chi connectivity index (χ1v) is 13.2. The Morgan fingerprint density at radius 2 is 1.24 bits per heavy atom. The lowest BCUT2D eigenvalue weighted by Crippen LogP contribution is -2.27. The molecule has 1 saturated heterocycles. The van der Waals surface area contributed by atoms with E-state index in [1.54, 1.807) is 0 Å². The predicted octanol–water partition coefficient (Wildman–Crippen LogP) is 2.92. The zero-order valence-electron chi connectivity index (χ0n) is 17.9. The van der Waals surface area contributed by atoms with Gasteiger partial charge in [-0.2, -0.15) is 4.31 Å². The summed E-state index contributed by atoms with van der Waals surface area (Å²) < 4.78 is 57.3. The molecule has 0 aliphatic carbocycles. The summed E-state index contributed by atoms with van der Waals surface area (Å²) in [6.07, 6.45) is 1.63. The van der Waals surface area contributed by atoms with Gasteiger partial charge in [-0.15, -0.1) is 0 Å². The number of benzene rings is 2. The molecule has 0 radical (unpaired) electrons. The second kappa shape index (κ2) is 10.9. The van der Waals surface area contributed by atoms with E-state index >= 15 is 0 Å². The molecule has 2 aromatic carbocycles. The van der Waals surface area contributed by atoms with E-state index < -0.39 is 34.6 Å². The van der Waals surface area contributed by atoms with Gasteiger partial charge in [0.25, 0.3) is 9.05 Å². The summed E-state index contributed by atoms with van der Waals surface area (Å²) in [6.45, 7) is 0.921. The van der Waals surface area contributed by atoms with Crippen LogP contribution in [0.4, 0.5) is 11.4 Å². The summed E-state index contributed by atoms with van der Waals surface area (Å²) >= 11 is 0. The van der Waals surface area contributed by atoms with Gasteiger partial charge in [-0.25, -0.2) is 16.8 Å². The number of ether oxygens (including phenoxy) is 2. The average Bonchev–Trinajstić information content (AvgIpc) is 3.33. The zero-order valence-corrected chi connectivity index (χ0v) is 20.3. The maximum atomic E-state index is 12.3. The topological polar surface area (TPSA) is 176 Å². The minimum Gasteiger partial charge on any atom is -0.490 e. The van der Waals surface area contributed by atoms with Gasteiger partial charge in [-0.05, 0) is 37.1 Å². The van der Waals surface area contributed by atoms with Crippen LogP contribution in [0.2, 0.25) is 0 Å². The zero-order chi connectivity index (χ0) is 25.7. The van der Waals surface area contributed by atoms with Crippen molar-refractivity contribution in [1.82, 2.24) is 4.31 Å². The van der Waals surface area contributed by atoms with Crippen molar-refractivity contribution in [3.05, 3.63) is 56.6 Å². The Labute approximate surface area is 199 Å². The van der Waals surface area contributed by atoms with E-state index in [0.717, 1.165) is 31.0 Å². The van der Waals surface area contributed by atoms with Gasteiger partial charge < -0.3 is 9.47 Å². The number of nitrogens with zero attached hydrogens (tertiary/aromatic N) is 3. The smallest absolute Gasteiger partial charge is 0.312 e. The Bertz CT molecular complexity index is 1290. The molecule has 0 aromatic heterocycles. The molecule has 0 spiro atoms. The normalized spacial score (nSPS) is 14.1. The summed E-state index contributed by atoms with van der Waals surface area (Å²) in [5.41, 5.74) is -0.790. The van der Waals surface area contributed by atoms with Crippen molar-refractivity contribution in [2.75, 3.05) is 27.3 Å². The maximum absolute atomic E-state index is 12.3. The lowest BCUT2D eigenvalue weighted by Gasteiger charge is -2.15. The fourth-order valence-electron chi connectivity index (χ4n) is 3.01. The number of sulfonamides is 1. The van der Waals surface area contributed by atoms with Gasteiger partial charge >= 0.3 is 11.4 Å². The second-order valence-corrected chi connectivity index (χ2v) is 11.2. The van der Waals surface area contributed by atoms with Gasteiger partial charge in [0.2, 0.25) is 10.0 Å². The molecule has 0 saturated carbocycles. The molecule has 1 heterocycles. The molecule has 2 aromatic rings. The third-order valence-corrected chi connectivity index (χ3v) is 7.92. The fraction of sp³-hybridized carbons (Fsp3) is 0.333. The summed E-state index contributed by atoms with van der Waals surface area (Å²) in [4.78, 5) is 19.6. The summed E-state index contributed by atoms with van der Waals surface area (Å²) in [6, 6.07) is 6.84. The molecule has 1 aliphatic rings. The summed E-state index contributed by atoms with van der Waals surface area (Å²) in [7, 11) is -0.0286. The van der Waals surface area contributed by atoms with E-state index in [4.69, 9.17) is 20.2 Å². The van der Waals surface area contributed by atoms with Crippen molar-refractivity contribution < 1.29 is 36.2 Å². The highest BCUT2D eigenvalue weighted by atomic mass is 35.7. The highest BCUT2D eigenvalue weighted by Gasteiger charge is 2.29. The molecule has 0 atom stereocenters. The van der Waals surface area contributed by atoms with Gasteiger partial charge in [0.15, 0.2) is 11.5 Å². The van der Waals surface area contributed by atoms with Gasteiger partial charge in [0.1, 0.15) is 0 Å². The minimum atomic E-state index is -3.97. The third-order valence-electron chi connectivity index (χ3n) is 4.68. The van der Waals surface area contributed by atoms with E-state index in [1.165, 1.54) is 36.7 Å². The number of halogens is 1. The Morgan fingerprint density at radius 1 is 0.824 bits per heavy atom. The van der Waals surface area contributed by atoms with E-state index in [-0.39, 0.29) is 27.0 Å². The largest absolute Gasteiger partial charge is 0.490 e. The number of hydrogen-bond donors (Lipinski definition) is 0. The Balaban J connectivity index is 0.000000248. The lowest BCUT2D eigenvalue weighted by atomic mass is 10.3. The Hall–Kier alpha value is -3.01. The first-order chi connectivity index (χ1) is 15.8. The number of nitro groups is 2. The average molecular weight is 538 g/mol. The highest BCUT2D eigenvalue weighted by Crippen LogP contribution is 2.32. The monoisotopic (exact) mass is 537 g/mol. The van der Waals surface area contributed by atoms with Crippen molar-refractivity contribution in [1.29, 1.82) is 0 Å². The quantitative estimate of drug-likeness (QED) is 0.290. The molecule has 34 heavy (non-hydrogen) atoms. The molecule has 186 valence electrons. The maximum Gasteiger partial charge on any atom is 0.312 e. The van der Waals surface area contributed by atoms with Crippen molar-refractivity contribution in [2.24, 2.45) is 0 Å². The van der Waals surface area contributed by atoms with Crippen LogP contribution in [0, 0.1) is 20.2 Å². The molecular weight excluding hydrogens is 518 g/mol. The molecular formula is C18H20ClN3O10S2. The number of rotatable bonds is 7. The van der Waals surface area contributed by atoms with Crippen molar-refractivity contribution >= 4 is 41.1 Å². The molecule has 1 fully saturated rings. The molecule has 3 rings (SSSR count). The Kier molecular flexibility index (Phi) is 8.77. The van der Waals surface area contributed by atoms with Gasteiger partial charge in [-0.1, -0.05) is 0 Å². The minimum absolute atomic E-state index is 0.0240. The van der Waals surface area contributed by atoms with Crippen molar-refractivity contribution in [2.45, 2.75) is 22.6 Å². The molecule has 0 bridgehead atoms. The van der Waals surface area contributed by atoms with E-state index in [1.807, 2.05) is 0 Å².